The number of ether oxygens (including phenoxy) is 2. The second kappa shape index (κ2) is 15.6. The van der Waals surface area contributed by atoms with Crippen LogP contribution in [-0.4, -0.2) is 13.2 Å². The van der Waals surface area contributed by atoms with E-state index >= 15 is 0 Å². The highest BCUT2D eigenvalue weighted by Gasteiger charge is 2.15. The van der Waals surface area contributed by atoms with E-state index in [9.17, 15) is 0 Å². The van der Waals surface area contributed by atoms with Crippen LogP contribution in [0.1, 0.15) is 90.2 Å². The van der Waals surface area contributed by atoms with Gasteiger partial charge in [-0.2, -0.15) is 0 Å². The van der Waals surface area contributed by atoms with Crippen LogP contribution in [0.3, 0.4) is 0 Å². The molecule has 162 valence electrons. The zero-order valence-electron chi connectivity index (χ0n) is 18.4. The molecule has 1 aromatic rings. The third-order valence-electron chi connectivity index (χ3n) is 5.57. The van der Waals surface area contributed by atoms with E-state index < -0.39 is 0 Å². The highest BCUT2D eigenvalue weighted by molar-refractivity contribution is 9.08. The van der Waals surface area contributed by atoms with Gasteiger partial charge in [-0.15, -0.1) is 0 Å². The lowest BCUT2D eigenvalue weighted by molar-refractivity contribution is 0.225. The molecule has 0 saturated carbocycles. The van der Waals surface area contributed by atoms with E-state index in [4.69, 9.17) is 9.47 Å². The van der Waals surface area contributed by atoms with Crippen LogP contribution in [0.2, 0.25) is 0 Å². The Balaban J connectivity index is 2.83. The van der Waals surface area contributed by atoms with Crippen LogP contribution >= 0.6 is 31.9 Å². The Morgan fingerprint density at radius 2 is 1.11 bits per heavy atom. The van der Waals surface area contributed by atoms with Crippen molar-refractivity contribution < 1.29 is 9.47 Å². The van der Waals surface area contributed by atoms with Gasteiger partial charge >= 0.3 is 0 Å². The van der Waals surface area contributed by atoms with Crippen molar-refractivity contribution in [3.05, 3.63) is 23.3 Å². The molecule has 0 aliphatic heterocycles. The van der Waals surface area contributed by atoms with Crippen molar-refractivity contribution in [2.75, 3.05) is 13.2 Å². The molecule has 0 aliphatic rings. The highest BCUT2D eigenvalue weighted by atomic mass is 79.9. The Kier molecular flexibility index (Phi) is 14.4. The maximum atomic E-state index is 6.27. The standard InChI is InChI=1S/C24H40Br2O2/c1-5-9-11-19(7-3)17-27-23-13-22(16-26)24(14-21(23)15-25)28-18-20(8-4)12-10-6-2/h13-14,19-20H,5-12,15-18H2,1-4H3. The first-order valence-corrected chi connectivity index (χ1v) is 13.4. The van der Waals surface area contributed by atoms with Gasteiger partial charge in [-0.25, -0.2) is 0 Å². The Hall–Kier alpha value is -0.220. The van der Waals surface area contributed by atoms with Crippen molar-refractivity contribution in [2.45, 2.75) is 89.7 Å². The summed E-state index contributed by atoms with van der Waals surface area (Å²) in [5, 5.41) is 1.56. The van der Waals surface area contributed by atoms with Gasteiger partial charge in [-0.05, 0) is 36.8 Å². The molecular formula is C24H40Br2O2. The molecule has 0 fully saturated rings. The number of hydrogen-bond donors (Lipinski definition) is 0. The third kappa shape index (κ3) is 9.07. The summed E-state index contributed by atoms with van der Waals surface area (Å²) in [6.45, 7) is 10.6. The molecule has 0 saturated heterocycles. The van der Waals surface area contributed by atoms with Crippen LogP contribution in [0, 0.1) is 11.8 Å². The summed E-state index contributed by atoms with van der Waals surface area (Å²) in [5.74, 6) is 3.25. The second-order valence-corrected chi connectivity index (χ2v) is 8.91. The number of rotatable bonds is 16. The minimum Gasteiger partial charge on any atom is -0.493 e. The molecule has 0 spiro atoms. The first kappa shape index (κ1) is 25.8. The molecule has 0 heterocycles. The number of benzene rings is 1. The second-order valence-electron chi connectivity index (χ2n) is 7.79. The van der Waals surface area contributed by atoms with Gasteiger partial charge in [0.25, 0.3) is 0 Å². The SMILES string of the molecule is CCCCC(CC)COc1cc(CBr)c(OCC(CC)CCCC)cc1CBr. The molecular weight excluding hydrogens is 480 g/mol. The molecule has 0 radical (unpaired) electrons. The number of hydrogen-bond acceptors (Lipinski definition) is 2. The van der Waals surface area contributed by atoms with E-state index in [0.29, 0.717) is 11.8 Å². The van der Waals surface area contributed by atoms with Gasteiger partial charge in [0.2, 0.25) is 0 Å². The van der Waals surface area contributed by atoms with Crippen molar-refractivity contribution >= 4 is 31.9 Å². The quantitative estimate of drug-likeness (QED) is 0.203. The van der Waals surface area contributed by atoms with E-state index in [-0.39, 0.29) is 0 Å². The molecule has 28 heavy (non-hydrogen) atoms. The number of alkyl halides is 2. The molecule has 1 rings (SSSR count). The largest absolute Gasteiger partial charge is 0.493 e. The molecule has 2 atom stereocenters. The number of unbranched alkanes of at least 4 members (excludes halogenated alkanes) is 2. The zero-order chi connectivity index (χ0) is 20.8. The molecule has 0 aromatic heterocycles. The lowest BCUT2D eigenvalue weighted by Crippen LogP contribution is -2.14. The van der Waals surface area contributed by atoms with Crippen LogP contribution in [0.5, 0.6) is 11.5 Å². The minimum absolute atomic E-state index is 0.635. The molecule has 0 N–H and O–H groups in total. The monoisotopic (exact) mass is 518 g/mol. The van der Waals surface area contributed by atoms with Crippen LogP contribution in [0.4, 0.5) is 0 Å². The summed E-state index contributed by atoms with van der Waals surface area (Å²) in [7, 11) is 0. The fourth-order valence-corrected chi connectivity index (χ4v) is 4.21. The molecule has 1 aromatic carbocycles. The van der Waals surface area contributed by atoms with Gasteiger partial charge < -0.3 is 9.47 Å². The summed E-state index contributed by atoms with van der Waals surface area (Å²) in [6.07, 6.45) is 9.91. The van der Waals surface area contributed by atoms with E-state index in [1.54, 1.807) is 0 Å². The van der Waals surface area contributed by atoms with Gasteiger partial charge in [0.05, 0.1) is 13.2 Å². The summed E-state index contributed by atoms with van der Waals surface area (Å²) in [6, 6.07) is 4.33. The molecule has 4 heteroatoms. The average Bonchev–Trinajstić information content (AvgIpc) is 2.73. The van der Waals surface area contributed by atoms with Gasteiger partial charge in [0.1, 0.15) is 11.5 Å². The maximum absolute atomic E-state index is 6.27. The van der Waals surface area contributed by atoms with Gasteiger partial charge in [0.15, 0.2) is 0 Å². The van der Waals surface area contributed by atoms with E-state index in [2.05, 4.69) is 71.7 Å². The molecule has 0 aliphatic carbocycles. The fourth-order valence-electron chi connectivity index (χ4n) is 3.33. The van der Waals surface area contributed by atoms with Crippen molar-refractivity contribution in [1.29, 1.82) is 0 Å². The Morgan fingerprint density at radius 1 is 0.714 bits per heavy atom. The Morgan fingerprint density at radius 3 is 1.39 bits per heavy atom. The van der Waals surface area contributed by atoms with Crippen molar-refractivity contribution in [3.63, 3.8) is 0 Å². The van der Waals surface area contributed by atoms with E-state index in [1.165, 1.54) is 62.5 Å². The predicted octanol–water partition coefficient (Wildman–Crippen LogP) is 8.67. The minimum atomic E-state index is 0.635. The summed E-state index contributed by atoms with van der Waals surface area (Å²) >= 11 is 7.27. The highest BCUT2D eigenvalue weighted by Crippen LogP contribution is 2.33. The third-order valence-corrected chi connectivity index (χ3v) is 6.78. The smallest absolute Gasteiger partial charge is 0.123 e. The van der Waals surface area contributed by atoms with Crippen LogP contribution < -0.4 is 9.47 Å². The van der Waals surface area contributed by atoms with Crippen molar-refractivity contribution in [2.24, 2.45) is 11.8 Å². The average molecular weight is 520 g/mol. The molecule has 2 unspecified atom stereocenters. The van der Waals surface area contributed by atoms with Gasteiger partial charge in [0, 0.05) is 21.8 Å². The van der Waals surface area contributed by atoms with Crippen LogP contribution in [0.15, 0.2) is 12.1 Å². The van der Waals surface area contributed by atoms with E-state index in [0.717, 1.165) is 35.4 Å². The zero-order valence-corrected chi connectivity index (χ0v) is 21.5. The lowest BCUT2D eigenvalue weighted by atomic mass is 10.0. The fraction of sp³-hybridized carbons (Fsp3) is 0.750. The van der Waals surface area contributed by atoms with Crippen molar-refractivity contribution in [1.82, 2.24) is 0 Å². The van der Waals surface area contributed by atoms with Gasteiger partial charge in [-0.1, -0.05) is 98.1 Å². The summed E-state index contributed by atoms with van der Waals surface area (Å²) in [5.41, 5.74) is 2.35. The van der Waals surface area contributed by atoms with Crippen LogP contribution in [0.25, 0.3) is 0 Å². The summed E-state index contributed by atoms with van der Waals surface area (Å²) in [4.78, 5) is 0. The predicted molar refractivity (Wildman–Crippen MR) is 129 cm³/mol. The molecule has 0 amide bonds. The Bertz CT molecular complexity index is 486. The normalized spacial score (nSPS) is 13.4. The molecule has 2 nitrogen and oxygen atoms in total. The lowest BCUT2D eigenvalue weighted by Gasteiger charge is -2.21. The van der Waals surface area contributed by atoms with Crippen LogP contribution in [-0.2, 0) is 10.7 Å². The number of halogens is 2. The summed E-state index contributed by atoms with van der Waals surface area (Å²) < 4.78 is 12.5. The first-order valence-electron chi connectivity index (χ1n) is 11.2. The first-order chi connectivity index (χ1) is 13.6. The van der Waals surface area contributed by atoms with Gasteiger partial charge in [-0.3, -0.25) is 0 Å². The topological polar surface area (TPSA) is 18.5 Å². The maximum Gasteiger partial charge on any atom is 0.123 e. The molecule has 0 bridgehead atoms. The van der Waals surface area contributed by atoms with Crippen molar-refractivity contribution in [3.8, 4) is 11.5 Å². The van der Waals surface area contributed by atoms with E-state index in [1.807, 2.05) is 0 Å². The Labute approximate surface area is 190 Å².